The standard InChI is InChI=1S/C15H16ClN3O2/c1-18(2)14(20)13-15(21)19(10-12(16)17-13)9-8-11-6-4-3-5-7-11/h3-7,10H,8-9H2,1-2H3. The van der Waals surface area contributed by atoms with Crippen LogP contribution in [0.3, 0.4) is 0 Å². The van der Waals surface area contributed by atoms with Crippen molar-refractivity contribution in [2.45, 2.75) is 13.0 Å². The molecule has 0 aliphatic carbocycles. The molecular formula is C15H16ClN3O2. The molecule has 5 nitrogen and oxygen atoms in total. The topological polar surface area (TPSA) is 55.2 Å². The van der Waals surface area contributed by atoms with E-state index in [4.69, 9.17) is 11.6 Å². The van der Waals surface area contributed by atoms with Crippen LogP contribution in [0.2, 0.25) is 5.15 Å². The van der Waals surface area contributed by atoms with Gasteiger partial charge in [0.25, 0.3) is 11.5 Å². The minimum atomic E-state index is -0.448. The van der Waals surface area contributed by atoms with E-state index in [-0.39, 0.29) is 10.8 Å². The molecule has 1 aromatic heterocycles. The van der Waals surface area contributed by atoms with Gasteiger partial charge in [-0.3, -0.25) is 9.59 Å². The minimum Gasteiger partial charge on any atom is -0.343 e. The smallest absolute Gasteiger partial charge is 0.282 e. The molecule has 1 heterocycles. The number of hydrogen-bond acceptors (Lipinski definition) is 3. The minimum absolute atomic E-state index is 0.132. The number of nitrogens with zero attached hydrogens (tertiary/aromatic N) is 3. The SMILES string of the molecule is CN(C)C(=O)c1nc(Cl)cn(CCc2ccccc2)c1=O. The normalized spacial score (nSPS) is 10.4. The molecule has 0 fully saturated rings. The molecule has 0 bridgehead atoms. The fourth-order valence-corrected chi connectivity index (χ4v) is 2.12. The number of carbonyl (C=O) groups excluding carboxylic acids is 1. The number of aryl methyl sites for hydroxylation is 2. The zero-order valence-corrected chi connectivity index (χ0v) is 12.7. The lowest BCUT2D eigenvalue weighted by molar-refractivity contribution is 0.0819. The highest BCUT2D eigenvalue weighted by molar-refractivity contribution is 6.29. The number of aromatic nitrogens is 2. The van der Waals surface area contributed by atoms with Crippen LogP contribution in [-0.4, -0.2) is 34.5 Å². The zero-order valence-electron chi connectivity index (χ0n) is 11.9. The second-order valence-corrected chi connectivity index (χ2v) is 5.23. The van der Waals surface area contributed by atoms with Crippen molar-refractivity contribution in [3.63, 3.8) is 0 Å². The Labute approximate surface area is 127 Å². The summed E-state index contributed by atoms with van der Waals surface area (Å²) in [6.07, 6.45) is 2.13. The summed E-state index contributed by atoms with van der Waals surface area (Å²) in [5, 5.41) is 0.132. The van der Waals surface area contributed by atoms with Gasteiger partial charge in [0.05, 0.1) is 0 Å². The number of benzene rings is 1. The van der Waals surface area contributed by atoms with Crippen molar-refractivity contribution >= 4 is 17.5 Å². The highest BCUT2D eigenvalue weighted by atomic mass is 35.5. The van der Waals surface area contributed by atoms with E-state index in [0.29, 0.717) is 13.0 Å². The number of amides is 1. The Bertz CT molecular complexity index is 696. The average Bonchev–Trinajstić information content (AvgIpc) is 2.48. The number of halogens is 1. The quantitative estimate of drug-likeness (QED) is 0.866. The lowest BCUT2D eigenvalue weighted by Gasteiger charge is -2.12. The Morgan fingerprint density at radius 2 is 1.95 bits per heavy atom. The van der Waals surface area contributed by atoms with E-state index < -0.39 is 11.5 Å². The number of carbonyl (C=O) groups is 1. The van der Waals surface area contributed by atoms with Crippen LogP contribution < -0.4 is 5.56 Å². The molecule has 1 aromatic carbocycles. The first kappa shape index (κ1) is 15.3. The summed E-state index contributed by atoms with van der Waals surface area (Å²) in [7, 11) is 3.14. The maximum absolute atomic E-state index is 12.3. The predicted molar refractivity (Wildman–Crippen MR) is 81.7 cm³/mol. The van der Waals surface area contributed by atoms with Crippen molar-refractivity contribution in [2.24, 2.45) is 0 Å². The predicted octanol–water partition coefficient (Wildman–Crippen LogP) is 1.84. The second kappa shape index (κ2) is 6.54. The first-order valence-electron chi connectivity index (χ1n) is 6.51. The first-order valence-corrected chi connectivity index (χ1v) is 6.89. The summed E-state index contributed by atoms with van der Waals surface area (Å²) in [5.41, 5.74) is 0.535. The van der Waals surface area contributed by atoms with Crippen molar-refractivity contribution in [3.05, 3.63) is 63.3 Å². The van der Waals surface area contributed by atoms with Gasteiger partial charge >= 0.3 is 0 Å². The lowest BCUT2D eigenvalue weighted by Crippen LogP contribution is -2.34. The van der Waals surface area contributed by atoms with E-state index in [1.54, 1.807) is 14.1 Å². The highest BCUT2D eigenvalue weighted by Gasteiger charge is 2.17. The number of hydrogen-bond donors (Lipinski definition) is 0. The summed E-state index contributed by atoms with van der Waals surface area (Å²) >= 11 is 5.91. The van der Waals surface area contributed by atoms with Gasteiger partial charge in [-0.25, -0.2) is 4.98 Å². The monoisotopic (exact) mass is 305 g/mol. The Hall–Kier alpha value is -2.14. The molecule has 0 spiro atoms. The summed E-state index contributed by atoms with van der Waals surface area (Å²) in [4.78, 5) is 29.4. The Morgan fingerprint density at radius 1 is 1.29 bits per heavy atom. The van der Waals surface area contributed by atoms with Gasteiger partial charge in [-0.05, 0) is 12.0 Å². The van der Waals surface area contributed by atoms with Gasteiger partial charge in [0.15, 0.2) is 5.69 Å². The molecule has 0 aliphatic rings. The molecule has 0 aliphatic heterocycles. The van der Waals surface area contributed by atoms with Crippen molar-refractivity contribution in [2.75, 3.05) is 14.1 Å². The van der Waals surface area contributed by atoms with Crippen LogP contribution in [-0.2, 0) is 13.0 Å². The first-order chi connectivity index (χ1) is 9.99. The van der Waals surface area contributed by atoms with E-state index >= 15 is 0 Å². The van der Waals surface area contributed by atoms with Gasteiger partial charge in [0, 0.05) is 26.8 Å². The van der Waals surface area contributed by atoms with E-state index in [1.807, 2.05) is 30.3 Å². The van der Waals surface area contributed by atoms with Gasteiger partial charge < -0.3 is 9.47 Å². The van der Waals surface area contributed by atoms with Gasteiger partial charge in [-0.2, -0.15) is 0 Å². The van der Waals surface area contributed by atoms with Crippen LogP contribution >= 0.6 is 11.6 Å². The van der Waals surface area contributed by atoms with E-state index in [1.165, 1.54) is 15.7 Å². The van der Waals surface area contributed by atoms with E-state index in [9.17, 15) is 9.59 Å². The van der Waals surface area contributed by atoms with Gasteiger partial charge in [-0.15, -0.1) is 0 Å². The maximum Gasteiger partial charge on any atom is 0.282 e. The molecule has 2 rings (SSSR count). The highest BCUT2D eigenvalue weighted by Crippen LogP contribution is 2.06. The summed E-state index contributed by atoms with van der Waals surface area (Å²) in [6, 6.07) is 9.80. The molecule has 1 amide bonds. The molecule has 6 heteroatoms. The van der Waals surface area contributed by atoms with E-state index in [0.717, 1.165) is 5.56 Å². The Morgan fingerprint density at radius 3 is 2.57 bits per heavy atom. The fraction of sp³-hybridized carbons (Fsp3) is 0.267. The third-order valence-corrected chi connectivity index (χ3v) is 3.22. The number of rotatable bonds is 4. The Balaban J connectivity index is 2.28. The molecule has 0 unspecified atom stereocenters. The summed E-state index contributed by atoms with van der Waals surface area (Å²) < 4.78 is 1.43. The average molecular weight is 306 g/mol. The van der Waals surface area contributed by atoms with Crippen molar-refractivity contribution in [3.8, 4) is 0 Å². The van der Waals surface area contributed by atoms with Gasteiger partial charge in [0.2, 0.25) is 0 Å². The third-order valence-electron chi connectivity index (χ3n) is 3.04. The maximum atomic E-state index is 12.3. The van der Waals surface area contributed by atoms with Crippen LogP contribution in [0.4, 0.5) is 0 Å². The molecule has 110 valence electrons. The van der Waals surface area contributed by atoms with Gasteiger partial charge in [0.1, 0.15) is 5.15 Å². The Kier molecular flexibility index (Phi) is 4.75. The van der Waals surface area contributed by atoms with Gasteiger partial charge in [-0.1, -0.05) is 41.9 Å². The molecule has 2 aromatic rings. The second-order valence-electron chi connectivity index (χ2n) is 4.85. The lowest BCUT2D eigenvalue weighted by atomic mass is 10.1. The molecule has 0 atom stereocenters. The largest absolute Gasteiger partial charge is 0.343 e. The fourth-order valence-electron chi connectivity index (χ4n) is 1.92. The van der Waals surface area contributed by atoms with Crippen LogP contribution in [0.1, 0.15) is 16.1 Å². The molecule has 0 N–H and O–H groups in total. The molecule has 0 saturated carbocycles. The molecular weight excluding hydrogens is 290 g/mol. The van der Waals surface area contributed by atoms with Crippen LogP contribution in [0, 0.1) is 0 Å². The summed E-state index contributed by atoms with van der Waals surface area (Å²) in [6.45, 7) is 0.443. The molecule has 0 radical (unpaired) electrons. The van der Waals surface area contributed by atoms with Crippen molar-refractivity contribution in [1.29, 1.82) is 0 Å². The zero-order chi connectivity index (χ0) is 15.4. The third kappa shape index (κ3) is 3.70. The molecule has 0 saturated heterocycles. The van der Waals surface area contributed by atoms with Crippen molar-refractivity contribution < 1.29 is 4.79 Å². The van der Waals surface area contributed by atoms with Crippen molar-refractivity contribution in [1.82, 2.24) is 14.5 Å². The molecule has 21 heavy (non-hydrogen) atoms. The van der Waals surface area contributed by atoms with Crippen LogP contribution in [0.15, 0.2) is 41.3 Å². The van der Waals surface area contributed by atoms with Crippen LogP contribution in [0.25, 0.3) is 0 Å². The summed E-state index contributed by atoms with van der Waals surface area (Å²) in [5.74, 6) is -0.448. The van der Waals surface area contributed by atoms with E-state index in [2.05, 4.69) is 4.98 Å². The van der Waals surface area contributed by atoms with Crippen LogP contribution in [0.5, 0.6) is 0 Å².